The largest absolute Gasteiger partial charge is 0.282 e. The van der Waals surface area contributed by atoms with Gasteiger partial charge in [-0.3, -0.25) is 9.36 Å². The maximum absolute atomic E-state index is 12.4. The number of hydrazone groups is 1. The zero-order chi connectivity index (χ0) is 18.6. The molecule has 0 aliphatic heterocycles. The van der Waals surface area contributed by atoms with Crippen LogP contribution in [0.1, 0.15) is 5.56 Å². The number of para-hydroxylation sites is 2. The van der Waals surface area contributed by atoms with E-state index in [0.29, 0.717) is 11.3 Å². The Morgan fingerprint density at radius 3 is 2.41 bits per heavy atom. The van der Waals surface area contributed by atoms with Crippen LogP contribution in [0.5, 0.6) is 0 Å². The third-order valence-electron chi connectivity index (χ3n) is 4.06. The topological polar surface area (TPSA) is 59.3 Å². The number of hydrogen-bond donors (Lipinski definition) is 1. The van der Waals surface area contributed by atoms with E-state index >= 15 is 0 Å². The van der Waals surface area contributed by atoms with E-state index in [0.717, 1.165) is 21.2 Å². The molecular formula is C21H15BrN4O. The van der Waals surface area contributed by atoms with Crippen LogP contribution in [0.15, 0.2) is 93.2 Å². The van der Waals surface area contributed by atoms with Crippen LogP contribution in [-0.2, 0) is 0 Å². The van der Waals surface area contributed by atoms with Crippen molar-refractivity contribution in [2.45, 2.75) is 0 Å². The second-order valence-electron chi connectivity index (χ2n) is 5.85. The molecule has 0 bridgehead atoms. The summed E-state index contributed by atoms with van der Waals surface area (Å²) in [5.74, 6) is 0.360. The first-order chi connectivity index (χ1) is 13.2. The Balaban J connectivity index is 1.80. The molecule has 4 rings (SSSR count). The second kappa shape index (κ2) is 7.55. The molecule has 27 heavy (non-hydrogen) atoms. The van der Waals surface area contributed by atoms with Crippen LogP contribution in [0.2, 0.25) is 0 Å². The minimum atomic E-state index is -0.292. The summed E-state index contributed by atoms with van der Waals surface area (Å²) in [5.41, 5.74) is 5.22. The van der Waals surface area contributed by atoms with Crippen molar-refractivity contribution in [3.8, 4) is 5.69 Å². The highest BCUT2D eigenvalue weighted by molar-refractivity contribution is 9.10. The van der Waals surface area contributed by atoms with Gasteiger partial charge >= 0.3 is 0 Å². The molecule has 0 radical (unpaired) electrons. The highest BCUT2D eigenvalue weighted by atomic mass is 79.9. The molecule has 4 aromatic rings. The molecule has 0 aliphatic rings. The molecule has 1 heterocycles. The van der Waals surface area contributed by atoms with Gasteiger partial charge in [0.15, 0.2) is 0 Å². The van der Waals surface area contributed by atoms with E-state index in [1.165, 1.54) is 0 Å². The van der Waals surface area contributed by atoms with Crippen LogP contribution in [0.3, 0.4) is 0 Å². The molecule has 5 nitrogen and oxygen atoms in total. The number of benzene rings is 3. The maximum atomic E-state index is 12.4. The number of fused-ring (bicyclic) bond motifs is 1. The van der Waals surface area contributed by atoms with Crippen molar-refractivity contribution in [3.63, 3.8) is 0 Å². The normalized spacial score (nSPS) is 11.1. The fraction of sp³-hybridized carbons (Fsp3) is 0. The molecule has 132 valence electrons. The van der Waals surface area contributed by atoms with E-state index in [1.54, 1.807) is 12.3 Å². The van der Waals surface area contributed by atoms with Gasteiger partial charge in [-0.1, -0.05) is 58.4 Å². The lowest BCUT2D eigenvalue weighted by Gasteiger charge is -2.15. The minimum absolute atomic E-state index is 0.292. The van der Waals surface area contributed by atoms with Gasteiger partial charge in [0.2, 0.25) is 5.95 Å². The van der Waals surface area contributed by atoms with Gasteiger partial charge in [-0.25, -0.2) is 5.43 Å². The van der Waals surface area contributed by atoms with Gasteiger partial charge in [0.05, 0.1) is 17.1 Å². The molecule has 0 fully saturated rings. The van der Waals surface area contributed by atoms with E-state index < -0.39 is 0 Å². The lowest BCUT2D eigenvalue weighted by Crippen LogP contribution is -2.16. The molecule has 3 aromatic carbocycles. The summed E-state index contributed by atoms with van der Waals surface area (Å²) in [6, 6.07) is 24.9. The Kier molecular flexibility index (Phi) is 4.80. The first-order valence-corrected chi connectivity index (χ1v) is 9.13. The van der Waals surface area contributed by atoms with E-state index in [-0.39, 0.29) is 5.56 Å². The molecular weight excluding hydrogens is 404 g/mol. The molecule has 0 amide bonds. The molecule has 0 unspecified atom stereocenters. The fourth-order valence-corrected chi connectivity index (χ4v) is 3.06. The van der Waals surface area contributed by atoms with Crippen molar-refractivity contribution in [2.75, 3.05) is 5.43 Å². The predicted octanol–water partition coefficient (Wildman–Crippen LogP) is 4.59. The lowest BCUT2D eigenvalue weighted by molar-refractivity contribution is 1.00. The summed E-state index contributed by atoms with van der Waals surface area (Å²) in [7, 11) is 0. The summed E-state index contributed by atoms with van der Waals surface area (Å²) >= 11 is 3.41. The first-order valence-electron chi connectivity index (χ1n) is 8.34. The number of nitrogens with zero attached hydrogens (tertiary/aromatic N) is 3. The molecule has 0 aliphatic carbocycles. The van der Waals surface area contributed by atoms with Gasteiger partial charge in [-0.2, -0.15) is 10.1 Å². The highest BCUT2D eigenvalue weighted by Gasteiger charge is 2.11. The quantitative estimate of drug-likeness (QED) is 0.389. The fourth-order valence-electron chi connectivity index (χ4n) is 2.80. The first kappa shape index (κ1) is 17.2. The van der Waals surface area contributed by atoms with Gasteiger partial charge in [0, 0.05) is 10.2 Å². The molecule has 6 heteroatoms. The maximum Gasteiger partial charge on any atom is 0.282 e. The molecule has 1 aromatic heterocycles. The van der Waals surface area contributed by atoms with Crippen molar-refractivity contribution in [1.82, 2.24) is 9.55 Å². The van der Waals surface area contributed by atoms with E-state index in [2.05, 4.69) is 31.4 Å². The van der Waals surface area contributed by atoms with E-state index in [9.17, 15) is 4.79 Å². The number of halogens is 1. The van der Waals surface area contributed by atoms with Crippen molar-refractivity contribution in [1.29, 1.82) is 0 Å². The minimum Gasteiger partial charge on any atom is -0.279 e. The van der Waals surface area contributed by atoms with Crippen LogP contribution in [0, 0.1) is 0 Å². The van der Waals surface area contributed by atoms with E-state index in [1.807, 2.05) is 77.4 Å². The summed E-state index contributed by atoms with van der Waals surface area (Å²) in [6.45, 7) is 0. The number of hydrogen-bond acceptors (Lipinski definition) is 4. The third kappa shape index (κ3) is 3.66. The summed E-state index contributed by atoms with van der Waals surface area (Å²) in [6.07, 6.45) is 1.68. The van der Waals surface area contributed by atoms with E-state index in [4.69, 9.17) is 0 Å². The lowest BCUT2D eigenvalue weighted by atomic mass is 10.2. The van der Waals surface area contributed by atoms with Crippen LogP contribution < -0.4 is 11.0 Å². The zero-order valence-corrected chi connectivity index (χ0v) is 15.8. The van der Waals surface area contributed by atoms with Gasteiger partial charge < -0.3 is 0 Å². The van der Waals surface area contributed by atoms with Crippen molar-refractivity contribution < 1.29 is 0 Å². The summed E-state index contributed by atoms with van der Waals surface area (Å²) in [5, 5.41) is 4.82. The zero-order valence-electron chi connectivity index (χ0n) is 14.2. The SMILES string of the molecule is O=c1nc(N/N=C\c2ccc(Br)cc2)n(-c2ccccc2)c2ccccc12. The van der Waals surface area contributed by atoms with Gasteiger partial charge in [-0.05, 0) is 42.0 Å². The summed E-state index contributed by atoms with van der Waals surface area (Å²) in [4.78, 5) is 16.6. The highest BCUT2D eigenvalue weighted by Crippen LogP contribution is 2.20. The van der Waals surface area contributed by atoms with Crippen LogP contribution in [-0.4, -0.2) is 15.8 Å². The van der Waals surface area contributed by atoms with Gasteiger partial charge in [-0.15, -0.1) is 0 Å². The van der Waals surface area contributed by atoms with Crippen molar-refractivity contribution in [3.05, 3.63) is 99.3 Å². The Hall–Kier alpha value is -3.25. The van der Waals surface area contributed by atoms with Crippen LogP contribution in [0.4, 0.5) is 5.95 Å². The third-order valence-corrected chi connectivity index (χ3v) is 4.59. The average molecular weight is 419 g/mol. The van der Waals surface area contributed by atoms with Crippen molar-refractivity contribution in [2.24, 2.45) is 5.10 Å². The average Bonchev–Trinajstić information content (AvgIpc) is 2.70. The molecule has 0 saturated heterocycles. The van der Waals surface area contributed by atoms with Gasteiger partial charge in [0.1, 0.15) is 0 Å². The monoisotopic (exact) mass is 418 g/mol. The molecule has 1 N–H and O–H groups in total. The second-order valence-corrected chi connectivity index (χ2v) is 6.77. The Labute approximate surface area is 164 Å². The van der Waals surface area contributed by atoms with Crippen LogP contribution >= 0.6 is 15.9 Å². The van der Waals surface area contributed by atoms with Crippen molar-refractivity contribution >= 4 is 39.0 Å². The Morgan fingerprint density at radius 2 is 1.63 bits per heavy atom. The predicted molar refractivity (Wildman–Crippen MR) is 113 cm³/mol. The smallest absolute Gasteiger partial charge is 0.279 e. The number of anilines is 1. The molecule has 0 atom stereocenters. The number of rotatable bonds is 4. The molecule has 0 spiro atoms. The van der Waals surface area contributed by atoms with Crippen LogP contribution in [0.25, 0.3) is 16.6 Å². The van der Waals surface area contributed by atoms with Gasteiger partial charge in [0.25, 0.3) is 5.56 Å². The Bertz CT molecular complexity index is 1170. The molecule has 0 saturated carbocycles. The number of nitrogens with one attached hydrogen (secondary N) is 1. The Morgan fingerprint density at radius 1 is 0.926 bits per heavy atom. The number of aromatic nitrogens is 2. The summed E-state index contributed by atoms with van der Waals surface area (Å²) < 4.78 is 2.89. The standard InChI is InChI=1S/C21H15BrN4O/c22-16-12-10-15(11-13-16)14-23-25-21-24-20(27)18-8-4-5-9-19(18)26(21)17-6-2-1-3-7-17/h1-14H,(H,24,25,27)/b23-14-.